The molecule has 0 aliphatic heterocycles. The maximum atomic E-state index is 13.0. The van der Waals surface area contributed by atoms with Gasteiger partial charge in [-0.15, -0.1) is 0 Å². The van der Waals surface area contributed by atoms with Gasteiger partial charge in [-0.3, -0.25) is 0 Å². The molecule has 0 unspecified atom stereocenters. The monoisotopic (exact) mass is 425 g/mol. The number of nitrogens with zero attached hydrogens (tertiary/aromatic N) is 3. The number of rotatable bonds is 13. The molecule has 0 saturated heterocycles. The molecule has 0 bridgehead atoms. The average molecular weight is 426 g/mol. The number of hydrogen-bond donors (Lipinski definition) is 1. The Bertz CT molecular complexity index is 629. The summed E-state index contributed by atoms with van der Waals surface area (Å²) in [6.07, 6.45) is 13.0. The number of alkyl halides is 2. The summed E-state index contributed by atoms with van der Waals surface area (Å²) in [6.45, 7) is 9.69. The first-order valence-corrected chi connectivity index (χ1v) is 11.2. The largest absolute Gasteiger partial charge is 0.356 e. The molecule has 1 aliphatic rings. The first-order valence-electron chi connectivity index (χ1n) is 11.2. The third kappa shape index (κ3) is 9.09. The summed E-state index contributed by atoms with van der Waals surface area (Å²) in [5.74, 6) is -1.47. The zero-order valence-corrected chi connectivity index (χ0v) is 19.7. The van der Waals surface area contributed by atoms with E-state index in [1.807, 2.05) is 13.1 Å². The number of hydrogen-bond acceptors (Lipinski definition) is 4. The van der Waals surface area contributed by atoms with Crippen molar-refractivity contribution in [2.45, 2.75) is 85.1 Å². The van der Waals surface area contributed by atoms with Crippen LogP contribution in [0.1, 0.15) is 73.1 Å². The molecular weight excluding hydrogens is 384 g/mol. The van der Waals surface area contributed by atoms with Crippen LogP contribution >= 0.6 is 0 Å². The summed E-state index contributed by atoms with van der Waals surface area (Å²) in [5, 5.41) is 11.0. The van der Waals surface area contributed by atoms with E-state index in [1.165, 1.54) is 5.57 Å². The zero-order chi connectivity index (χ0) is 22.7. The molecule has 1 aliphatic carbocycles. The number of halogens is 2. The number of unbranched alkanes of at least 4 members (excludes halogenated alkanes) is 1. The molecule has 1 N–H and O–H groups in total. The summed E-state index contributed by atoms with van der Waals surface area (Å²) in [4.78, 5) is 6.93. The summed E-state index contributed by atoms with van der Waals surface area (Å²) in [6, 6.07) is 0.332. The second-order valence-corrected chi connectivity index (χ2v) is 8.45. The van der Waals surface area contributed by atoms with E-state index in [-0.39, 0.29) is 13.0 Å². The normalized spacial score (nSPS) is 21.5. The zero-order valence-electron chi connectivity index (χ0n) is 19.7. The van der Waals surface area contributed by atoms with Crippen LogP contribution in [0.3, 0.4) is 0 Å². The molecular formula is C24H41F2N3O. The van der Waals surface area contributed by atoms with Gasteiger partial charge >= 0.3 is 0 Å². The van der Waals surface area contributed by atoms with Crippen LogP contribution in [0.15, 0.2) is 40.2 Å². The van der Waals surface area contributed by atoms with Crippen molar-refractivity contribution < 1.29 is 14.0 Å². The van der Waals surface area contributed by atoms with Crippen molar-refractivity contribution in [1.29, 1.82) is 0 Å². The highest BCUT2D eigenvalue weighted by molar-refractivity contribution is 5.57. The van der Waals surface area contributed by atoms with Gasteiger partial charge < -0.3 is 10.1 Å². The fraction of sp³-hybridized carbons (Fsp3) is 0.708. The van der Waals surface area contributed by atoms with Gasteiger partial charge in [0.05, 0.1) is 0 Å². The van der Waals surface area contributed by atoms with Crippen LogP contribution in [0.5, 0.6) is 0 Å². The molecule has 0 spiro atoms. The molecule has 172 valence electrons. The summed E-state index contributed by atoms with van der Waals surface area (Å²) >= 11 is 0. The van der Waals surface area contributed by atoms with E-state index in [0.717, 1.165) is 55.5 Å². The molecule has 0 aromatic heterocycles. The van der Waals surface area contributed by atoms with E-state index < -0.39 is 5.92 Å². The van der Waals surface area contributed by atoms with Crippen molar-refractivity contribution in [2.75, 3.05) is 20.1 Å². The van der Waals surface area contributed by atoms with E-state index in [9.17, 15) is 14.0 Å². The highest BCUT2D eigenvalue weighted by Crippen LogP contribution is 2.35. The van der Waals surface area contributed by atoms with E-state index >= 15 is 0 Å². The Kier molecular flexibility index (Phi) is 11.5. The first-order chi connectivity index (χ1) is 14.1. The number of hydroxylamine groups is 2. The van der Waals surface area contributed by atoms with Crippen molar-refractivity contribution in [1.82, 2.24) is 9.96 Å². The second-order valence-electron chi connectivity index (χ2n) is 8.45. The summed E-state index contributed by atoms with van der Waals surface area (Å²) in [5.41, 5.74) is 2.37. The van der Waals surface area contributed by atoms with Crippen LogP contribution in [-0.4, -0.2) is 53.5 Å². The molecule has 1 rings (SSSR count). The lowest BCUT2D eigenvalue weighted by molar-refractivity contribution is -0.128. The molecule has 0 aromatic rings. The molecule has 0 atom stereocenters. The van der Waals surface area contributed by atoms with Gasteiger partial charge in [-0.25, -0.2) is 13.8 Å². The molecule has 1 fully saturated rings. The lowest BCUT2D eigenvalue weighted by atomic mass is 9.79. The van der Waals surface area contributed by atoms with Gasteiger partial charge in [-0.1, -0.05) is 38.5 Å². The van der Waals surface area contributed by atoms with Crippen LogP contribution < -0.4 is 0 Å². The number of allylic oxidation sites excluding steroid dienone is 5. The van der Waals surface area contributed by atoms with Gasteiger partial charge in [0.15, 0.2) is 0 Å². The summed E-state index contributed by atoms with van der Waals surface area (Å²) in [7, 11) is 2.07. The van der Waals surface area contributed by atoms with Crippen molar-refractivity contribution in [3.63, 3.8) is 0 Å². The second kappa shape index (κ2) is 13.0. The summed E-state index contributed by atoms with van der Waals surface area (Å²) < 4.78 is 26.0. The predicted molar refractivity (Wildman–Crippen MR) is 122 cm³/mol. The highest BCUT2D eigenvalue weighted by atomic mass is 19.3. The van der Waals surface area contributed by atoms with E-state index in [2.05, 4.69) is 50.9 Å². The molecule has 0 amide bonds. The quantitative estimate of drug-likeness (QED) is 0.209. The fourth-order valence-corrected chi connectivity index (χ4v) is 3.62. The molecule has 0 heterocycles. The predicted octanol–water partition coefficient (Wildman–Crippen LogP) is 6.45. The fourth-order valence-electron chi connectivity index (χ4n) is 3.62. The van der Waals surface area contributed by atoms with Crippen LogP contribution in [0, 0.1) is 5.92 Å². The van der Waals surface area contributed by atoms with Crippen LogP contribution in [0.4, 0.5) is 8.78 Å². The molecule has 0 radical (unpaired) electrons. The van der Waals surface area contributed by atoms with Crippen LogP contribution in [-0.2, 0) is 0 Å². The van der Waals surface area contributed by atoms with Gasteiger partial charge in [0.25, 0.3) is 0 Å². The van der Waals surface area contributed by atoms with E-state index in [1.54, 1.807) is 0 Å². The SMILES string of the molecule is C\C=N/C(=C(/C=C\CC)C(\C)=C\CCC)N(C)C1CC(CN(O)CCC(C)(F)F)C1. The van der Waals surface area contributed by atoms with Gasteiger partial charge in [0, 0.05) is 44.4 Å². The smallest absolute Gasteiger partial charge is 0.246 e. The van der Waals surface area contributed by atoms with Gasteiger partial charge in [-0.2, -0.15) is 5.06 Å². The van der Waals surface area contributed by atoms with Gasteiger partial charge in [0.1, 0.15) is 5.82 Å². The topological polar surface area (TPSA) is 39.1 Å². The number of aliphatic imine (C=N–C) groups is 1. The minimum absolute atomic E-state index is 0.000828. The third-order valence-electron chi connectivity index (χ3n) is 5.55. The Morgan fingerprint density at radius 3 is 2.47 bits per heavy atom. The van der Waals surface area contributed by atoms with E-state index in [4.69, 9.17) is 4.99 Å². The molecule has 1 saturated carbocycles. The minimum atomic E-state index is -2.74. The lowest BCUT2D eigenvalue weighted by Gasteiger charge is -2.43. The minimum Gasteiger partial charge on any atom is -0.356 e. The highest BCUT2D eigenvalue weighted by Gasteiger charge is 2.35. The third-order valence-corrected chi connectivity index (χ3v) is 5.55. The van der Waals surface area contributed by atoms with Crippen molar-refractivity contribution in [3.05, 3.63) is 35.2 Å². The molecule has 30 heavy (non-hydrogen) atoms. The van der Waals surface area contributed by atoms with Gasteiger partial charge in [-0.05, 0) is 57.9 Å². The maximum Gasteiger partial charge on any atom is 0.246 e. The van der Waals surface area contributed by atoms with Crippen molar-refractivity contribution >= 4 is 6.21 Å². The Hall–Kier alpha value is -1.53. The maximum absolute atomic E-state index is 13.0. The Labute approximate surface area is 182 Å². The lowest BCUT2D eigenvalue weighted by Crippen LogP contribution is -2.46. The van der Waals surface area contributed by atoms with Gasteiger partial charge in [0.2, 0.25) is 5.92 Å². The Morgan fingerprint density at radius 1 is 1.27 bits per heavy atom. The first kappa shape index (κ1) is 26.5. The average Bonchev–Trinajstić information content (AvgIpc) is 2.65. The molecule has 0 aromatic carbocycles. The molecule has 6 heteroatoms. The Balaban J connectivity index is 2.85. The van der Waals surface area contributed by atoms with Crippen molar-refractivity contribution in [2.24, 2.45) is 10.9 Å². The standard InChI is InChI=1S/C24H41F2N3O/c1-7-10-12-19(4)22(13-11-8-2)23(27-9-3)28(6)21-16-20(17-21)18-29(30)15-14-24(5,25)26/h9,11-13,20-21,30H,7-8,10,14-18H2,1-6H3/b13-11-,19-12+,23-22+,27-9-. The molecule has 4 nitrogen and oxygen atoms in total. The van der Waals surface area contributed by atoms with Crippen LogP contribution in [0.25, 0.3) is 0 Å². The van der Waals surface area contributed by atoms with Crippen LogP contribution in [0.2, 0.25) is 0 Å². The Morgan fingerprint density at radius 2 is 1.93 bits per heavy atom. The van der Waals surface area contributed by atoms with Crippen molar-refractivity contribution in [3.8, 4) is 0 Å². The van der Waals surface area contributed by atoms with E-state index in [0.29, 0.717) is 18.5 Å².